The van der Waals surface area contributed by atoms with Crippen LogP contribution in [-0.4, -0.2) is 34.5 Å². The molecule has 1 heterocycles. The minimum Gasteiger partial charge on any atom is -0.465 e. The summed E-state index contributed by atoms with van der Waals surface area (Å²) >= 11 is 1.36. The lowest BCUT2D eigenvalue weighted by Crippen LogP contribution is -2.41. The molecule has 0 radical (unpaired) electrons. The van der Waals surface area contributed by atoms with Crippen LogP contribution in [0.4, 0.5) is 5.69 Å². The lowest BCUT2D eigenvalue weighted by atomic mass is 9.98. The van der Waals surface area contributed by atoms with Crippen molar-refractivity contribution in [2.45, 2.75) is 59.7 Å². The molecule has 0 saturated carbocycles. The first kappa shape index (κ1) is 22.7. The van der Waals surface area contributed by atoms with Crippen LogP contribution < -0.4 is 5.32 Å². The van der Waals surface area contributed by atoms with Crippen molar-refractivity contribution >= 4 is 31.3 Å². The van der Waals surface area contributed by atoms with Gasteiger partial charge in [0.15, 0.2) is 8.32 Å². The number of carbonyl (C=O) groups is 1. The first-order chi connectivity index (χ1) is 11.8. The smallest absolute Gasteiger partial charge is 0.350 e. The van der Waals surface area contributed by atoms with Crippen LogP contribution >= 0.6 is 11.3 Å². The van der Waals surface area contributed by atoms with Gasteiger partial charge in [-0.2, -0.15) is 0 Å². The SMILES string of the molecule is COC(=O)c1sc(C#CC(C)(C)C)cc1NCCO[Si](C)(C)C(C)(C)C. The summed E-state index contributed by atoms with van der Waals surface area (Å²) in [6.45, 7) is 18.6. The molecule has 146 valence electrons. The maximum atomic E-state index is 12.0. The number of hydrogen-bond acceptors (Lipinski definition) is 5. The maximum absolute atomic E-state index is 12.0. The highest BCUT2D eigenvalue weighted by molar-refractivity contribution is 7.15. The highest BCUT2D eigenvalue weighted by atomic mass is 32.1. The van der Waals surface area contributed by atoms with E-state index in [1.165, 1.54) is 18.4 Å². The van der Waals surface area contributed by atoms with Gasteiger partial charge in [0.2, 0.25) is 0 Å². The van der Waals surface area contributed by atoms with Gasteiger partial charge in [-0.3, -0.25) is 0 Å². The van der Waals surface area contributed by atoms with E-state index in [1.807, 2.05) is 6.07 Å². The molecule has 0 fully saturated rings. The second-order valence-corrected chi connectivity index (χ2v) is 14.7. The summed E-state index contributed by atoms with van der Waals surface area (Å²) in [4.78, 5) is 13.5. The molecule has 0 amide bonds. The van der Waals surface area contributed by atoms with Gasteiger partial charge in [-0.15, -0.1) is 11.3 Å². The van der Waals surface area contributed by atoms with Crippen LogP contribution in [0.2, 0.25) is 18.1 Å². The summed E-state index contributed by atoms with van der Waals surface area (Å²) < 4.78 is 11.1. The summed E-state index contributed by atoms with van der Waals surface area (Å²) in [5.41, 5.74) is 0.680. The molecule has 0 aliphatic rings. The third-order valence-electron chi connectivity index (χ3n) is 4.35. The lowest BCUT2D eigenvalue weighted by Gasteiger charge is -2.36. The molecule has 4 nitrogen and oxygen atoms in total. The summed E-state index contributed by atoms with van der Waals surface area (Å²) in [7, 11) is -0.369. The zero-order valence-electron chi connectivity index (χ0n) is 17.6. The molecule has 0 spiro atoms. The van der Waals surface area contributed by atoms with Crippen molar-refractivity contribution in [2.75, 3.05) is 25.6 Å². The average molecular weight is 396 g/mol. The highest BCUT2D eigenvalue weighted by Crippen LogP contribution is 2.36. The first-order valence-electron chi connectivity index (χ1n) is 8.90. The largest absolute Gasteiger partial charge is 0.465 e. The van der Waals surface area contributed by atoms with Gasteiger partial charge >= 0.3 is 5.97 Å². The molecule has 0 saturated heterocycles. The summed E-state index contributed by atoms with van der Waals surface area (Å²) in [5, 5.41) is 3.49. The number of carbonyl (C=O) groups excluding carboxylic acids is 1. The number of hydrogen-bond donors (Lipinski definition) is 1. The fraction of sp³-hybridized carbons (Fsp3) is 0.650. The molecule has 6 heteroatoms. The van der Waals surface area contributed by atoms with Crippen molar-refractivity contribution in [3.05, 3.63) is 15.8 Å². The quantitative estimate of drug-likeness (QED) is 0.305. The van der Waals surface area contributed by atoms with Crippen molar-refractivity contribution in [1.82, 2.24) is 0 Å². The minimum absolute atomic E-state index is 0.0833. The molecular weight excluding hydrogens is 362 g/mol. The Hall–Kier alpha value is -1.29. The van der Waals surface area contributed by atoms with Crippen molar-refractivity contribution < 1.29 is 14.0 Å². The minimum atomic E-state index is -1.77. The molecule has 0 aliphatic carbocycles. The van der Waals surface area contributed by atoms with Crippen molar-refractivity contribution in [3.8, 4) is 11.8 Å². The first-order valence-corrected chi connectivity index (χ1v) is 12.6. The number of methoxy groups -OCH3 is 1. The Balaban J connectivity index is 2.83. The molecule has 1 rings (SSSR count). The van der Waals surface area contributed by atoms with Gasteiger partial charge in [0.25, 0.3) is 0 Å². The molecule has 0 aromatic carbocycles. The normalized spacial score (nSPS) is 12.3. The zero-order valence-corrected chi connectivity index (χ0v) is 19.4. The highest BCUT2D eigenvalue weighted by Gasteiger charge is 2.36. The van der Waals surface area contributed by atoms with Crippen LogP contribution in [0, 0.1) is 17.3 Å². The van der Waals surface area contributed by atoms with Crippen LogP contribution in [0.25, 0.3) is 0 Å². The van der Waals surface area contributed by atoms with Crippen LogP contribution in [0.3, 0.4) is 0 Å². The van der Waals surface area contributed by atoms with Crippen molar-refractivity contribution in [2.24, 2.45) is 5.41 Å². The monoisotopic (exact) mass is 395 g/mol. The van der Waals surface area contributed by atoms with Gasteiger partial charge in [-0.25, -0.2) is 4.79 Å². The van der Waals surface area contributed by atoms with Gasteiger partial charge in [-0.1, -0.05) is 32.6 Å². The molecule has 0 atom stereocenters. The molecule has 1 aromatic heterocycles. The van der Waals surface area contributed by atoms with E-state index >= 15 is 0 Å². The molecular formula is C20H33NO3SSi. The topological polar surface area (TPSA) is 47.6 Å². The Labute approximate surface area is 163 Å². The van der Waals surface area contributed by atoms with Crippen LogP contribution in [0.1, 0.15) is 56.1 Å². The van der Waals surface area contributed by atoms with Crippen molar-refractivity contribution in [1.29, 1.82) is 0 Å². The fourth-order valence-corrected chi connectivity index (χ4v) is 3.74. The molecule has 0 unspecified atom stereocenters. The second kappa shape index (κ2) is 8.60. The van der Waals surface area contributed by atoms with E-state index < -0.39 is 8.32 Å². The second-order valence-electron chi connectivity index (χ2n) is 8.88. The van der Waals surface area contributed by atoms with Crippen LogP contribution in [-0.2, 0) is 9.16 Å². The van der Waals surface area contributed by atoms with Crippen LogP contribution in [0.15, 0.2) is 6.07 Å². The predicted octanol–water partition coefficient (Wildman–Crippen LogP) is 5.37. The van der Waals surface area contributed by atoms with E-state index in [2.05, 4.69) is 71.8 Å². The van der Waals surface area contributed by atoms with E-state index in [0.717, 1.165) is 10.6 Å². The molecule has 0 bridgehead atoms. The zero-order chi connectivity index (χ0) is 20.2. The summed E-state index contributed by atoms with van der Waals surface area (Å²) in [6.07, 6.45) is 0. The molecule has 1 N–H and O–H groups in total. The lowest BCUT2D eigenvalue weighted by molar-refractivity contribution is 0.0607. The Kier molecular flexibility index (Phi) is 7.52. The Morgan fingerprint density at radius 2 is 1.85 bits per heavy atom. The standard InChI is InChI=1S/C20H33NO3SSi/c1-19(2,3)11-10-15-14-16(17(25-15)18(22)23-7)21-12-13-24-26(8,9)20(4,5)6/h14,21H,12-13H2,1-9H3. The number of anilines is 1. The van der Waals surface area contributed by atoms with E-state index in [9.17, 15) is 4.79 Å². The number of esters is 1. The van der Waals surface area contributed by atoms with Crippen LogP contribution in [0.5, 0.6) is 0 Å². The maximum Gasteiger partial charge on any atom is 0.350 e. The van der Waals surface area contributed by atoms with Gasteiger partial charge in [0.1, 0.15) is 4.88 Å². The van der Waals surface area contributed by atoms with Gasteiger partial charge < -0.3 is 14.5 Å². The molecule has 26 heavy (non-hydrogen) atoms. The van der Waals surface area contributed by atoms with Crippen molar-refractivity contribution in [3.63, 3.8) is 0 Å². The number of thiophene rings is 1. The van der Waals surface area contributed by atoms with Gasteiger partial charge in [0, 0.05) is 12.0 Å². The predicted molar refractivity (Wildman–Crippen MR) is 114 cm³/mol. The Bertz CT molecular complexity index is 685. The van der Waals surface area contributed by atoms with Gasteiger partial charge in [0.05, 0.1) is 24.3 Å². The van der Waals surface area contributed by atoms with E-state index in [-0.39, 0.29) is 16.4 Å². The summed E-state index contributed by atoms with van der Waals surface area (Å²) in [5.74, 6) is 6.02. The molecule has 0 aliphatic heterocycles. The third kappa shape index (κ3) is 6.79. The number of ether oxygens (including phenoxy) is 1. The molecule has 1 aromatic rings. The summed E-state index contributed by atoms with van der Waals surface area (Å²) in [6, 6.07) is 1.92. The van der Waals surface area contributed by atoms with Gasteiger partial charge in [-0.05, 0) is 45.0 Å². The fourth-order valence-electron chi connectivity index (χ4n) is 1.79. The average Bonchev–Trinajstić information content (AvgIpc) is 2.90. The van der Waals surface area contributed by atoms with E-state index in [0.29, 0.717) is 18.0 Å². The Morgan fingerprint density at radius 1 is 1.23 bits per heavy atom. The number of nitrogens with one attached hydrogen (secondary N) is 1. The Morgan fingerprint density at radius 3 is 2.35 bits per heavy atom. The van der Waals surface area contributed by atoms with E-state index in [1.54, 1.807) is 0 Å². The number of rotatable bonds is 6. The third-order valence-corrected chi connectivity index (χ3v) is 9.92. The van der Waals surface area contributed by atoms with E-state index in [4.69, 9.17) is 9.16 Å².